The van der Waals surface area contributed by atoms with Crippen LogP contribution in [0.5, 0.6) is 5.75 Å². The molecule has 2 aromatic heterocycles. The van der Waals surface area contributed by atoms with Crippen molar-refractivity contribution < 1.29 is 9.53 Å². The second-order valence-electron chi connectivity index (χ2n) is 8.11. The van der Waals surface area contributed by atoms with E-state index in [2.05, 4.69) is 43.4 Å². The highest BCUT2D eigenvalue weighted by molar-refractivity contribution is 5.78. The molecule has 1 atom stereocenters. The second kappa shape index (κ2) is 10.9. The van der Waals surface area contributed by atoms with E-state index in [-0.39, 0.29) is 12.0 Å². The Morgan fingerprint density at radius 1 is 1.28 bits per heavy atom. The third-order valence-electron chi connectivity index (χ3n) is 5.50. The molecule has 0 aliphatic carbocycles. The Balaban J connectivity index is 1.29. The van der Waals surface area contributed by atoms with E-state index >= 15 is 0 Å². The van der Waals surface area contributed by atoms with Crippen LogP contribution in [0, 0.1) is 0 Å². The van der Waals surface area contributed by atoms with Gasteiger partial charge in [-0.05, 0) is 31.0 Å². The van der Waals surface area contributed by atoms with Crippen molar-refractivity contribution in [2.75, 3.05) is 19.6 Å². The quantitative estimate of drug-likeness (QED) is 0.538. The SMILES string of the molecule is CCCCC1CN(CC(=O)NCCc2nc(-c3cccnc3)n[nH]2)Cc2ccccc2O1. The molecule has 1 aromatic carbocycles. The third kappa shape index (κ3) is 5.91. The topological polar surface area (TPSA) is 96.0 Å². The van der Waals surface area contributed by atoms with Crippen LogP contribution < -0.4 is 10.1 Å². The molecule has 0 saturated heterocycles. The molecule has 8 heteroatoms. The van der Waals surface area contributed by atoms with E-state index in [9.17, 15) is 4.79 Å². The first-order chi connectivity index (χ1) is 15.7. The molecule has 0 radical (unpaired) electrons. The van der Waals surface area contributed by atoms with Crippen molar-refractivity contribution in [2.24, 2.45) is 0 Å². The van der Waals surface area contributed by atoms with Gasteiger partial charge in [0.15, 0.2) is 5.82 Å². The number of fused-ring (bicyclic) bond motifs is 1. The smallest absolute Gasteiger partial charge is 0.234 e. The molecule has 0 bridgehead atoms. The van der Waals surface area contributed by atoms with Crippen molar-refractivity contribution in [3.8, 4) is 17.1 Å². The highest BCUT2D eigenvalue weighted by atomic mass is 16.5. The van der Waals surface area contributed by atoms with Crippen LogP contribution in [0.25, 0.3) is 11.4 Å². The number of aromatic amines is 1. The summed E-state index contributed by atoms with van der Waals surface area (Å²) in [4.78, 5) is 23.4. The first-order valence-corrected chi connectivity index (χ1v) is 11.3. The highest BCUT2D eigenvalue weighted by Crippen LogP contribution is 2.26. The van der Waals surface area contributed by atoms with Crippen molar-refractivity contribution in [2.45, 2.75) is 45.3 Å². The average molecular weight is 435 g/mol. The average Bonchev–Trinajstić information content (AvgIpc) is 3.20. The van der Waals surface area contributed by atoms with Crippen molar-refractivity contribution in [3.05, 3.63) is 60.2 Å². The largest absolute Gasteiger partial charge is 0.489 e. The predicted octanol–water partition coefficient (Wildman–Crippen LogP) is 2.98. The van der Waals surface area contributed by atoms with Crippen LogP contribution in [0.4, 0.5) is 0 Å². The number of nitrogens with one attached hydrogen (secondary N) is 2. The number of ether oxygens (including phenoxy) is 1. The molecule has 168 valence electrons. The zero-order valence-corrected chi connectivity index (χ0v) is 18.5. The van der Waals surface area contributed by atoms with Gasteiger partial charge in [-0.1, -0.05) is 31.5 Å². The maximum Gasteiger partial charge on any atom is 0.234 e. The molecule has 3 aromatic rings. The number of carbonyl (C=O) groups excluding carboxylic acids is 1. The lowest BCUT2D eigenvalue weighted by molar-refractivity contribution is -0.122. The Morgan fingerprint density at radius 3 is 3.03 bits per heavy atom. The number of hydrogen-bond donors (Lipinski definition) is 2. The summed E-state index contributed by atoms with van der Waals surface area (Å²) in [5.41, 5.74) is 1.99. The maximum atomic E-state index is 12.6. The summed E-state index contributed by atoms with van der Waals surface area (Å²) in [6.07, 6.45) is 7.38. The van der Waals surface area contributed by atoms with Crippen molar-refractivity contribution >= 4 is 5.91 Å². The lowest BCUT2D eigenvalue weighted by Crippen LogP contribution is -2.41. The summed E-state index contributed by atoms with van der Waals surface area (Å²) in [5.74, 6) is 2.29. The molecule has 1 aliphatic rings. The number of benzene rings is 1. The van der Waals surface area contributed by atoms with Crippen molar-refractivity contribution in [1.82, 2.24) is 30.4 Å². The zero-order valence-electron chi connectivity index (χ0n) is 18.5. The third-order valence-corrected chi connectivity index (χ3v) is 5.50. The van der Waals surface area contributed by atoms with Crippen molar-refractivity contribution in [3.63, 3.8) is 0 Å². The summed E-state index contributed by atoms with van der Waals surface area (Å²) in [6.45, 7) is 4.49. The van der Waals surface area contributed by atoms with Crippen LogP contribution in [-0.4, -0.2) is 56.7 Å². The molecule has 4 rings (SSSR count). The molecule has 1 unspecified atom stereocenters. The van der Waals surface area contributed by atoms with E-state index in [0.717, 1.165) is 48.5 Å². The van der Waals surface area contributed by atoms with Gasteiger partial charge in [-0.25, -0.2) is 4.98 Å². The molecule has 32 heavy (non-hydrogen) atoms. The van der Waals surface area contributed by atoms with Crippen LogP contribution in [-0.2, 0) is 17.8 Å². The van der Waals surface area contributed by atoms with Crippen LogP contribution in [0.2, 0.25) is 0 Å². The summed E-state index contributed by atoms with van der Waals surface area (Å²) in [7, 11) is 0. The van der Waals surface area contributed by atoms with Gasteiger partial charge in [0, 0.05) is 49.6 Å². The molecular weight excluding hydrogens is 404 g/mol. The van der Waals surface area contributed by atoms with Crippen LogP contribution >= 0.6 is 0 Å². The lowest BCUT2D eigenvalue weighted by atomic mass is 10.1. The minimum absolute atomic E-state index is 0.00520. The number of amides is 1. The van der Waals surface area contributed by atoms with E-state index in [4.69, 9.17) is 4.74 Å². The summed E-state index contributed by atoms with van der Waals surface area (Å²) in [6, 6.07) is 11.9. The molecule has 0 spiro atoms. The molecule has 1 aliphatic heterocycles. The molecule has 8 nitrogen and oxygen atoms in total. The minimum atomic E-state index is 0.00520. The van der Waals surface area contributed by atoms with Gasteiger partial charge in [0.1, 0.15) is 17.7 Å². The summed E-state index contributed by atoms with van der Waals surface area (Å²) in [5, 5.41) is 10.2. The molecule has 0 saturated carbocycles. The number of aromatic nitrogens is 4. The number of para-hydroxylation sites is 1. The lowest BCUT2D eigenvalue weighted by Gasteiger charge is -2.23. The van der Waals surface area contributed by atoms with E-state index in [1.54, 1.807) is 12.4 Å². The Hall–Kier alpha value is -3.26. The Labute approximate surface area is 188 Å². The van der Waals surface area contributed by atoms with Gasteiger partial charge < -0.3 is 10.1 Å². The zero-order chi connectivity index (χ0) is 22.2. The molecular formula is C24H30N6O2. The predicted molar refractivity (Wildman–Crippen MR) is 122 cm³/mol. The number of pyridine rings is 1. The number of nitrogens with zero attached hydrogens (tertiary/aromatic N) is 4. The molecule has 0 fully saturated rings. The van der Waals surface area contributed by atoms with Gasteiger partial charge >= 0.3 is 0 Å². The van der Waals surface area contributed by atoms with E-state index in [0.29, 0.717) is 31.9 Å². The second-order valence-corrected chi connectivity index (χ2v) is 8.11. The molecule has 2 N–H and O–H groups in total. The standard InChI is InChI=1S/C24H30N6O2/c1-2-3-9-20-16-30(15-19-7-4-5-10-21(19)32-20)17-23(31)26-13-11-22-27-24(29-28-22)18-8-6-12-25-14-18/h4-8,10,12,14,20H,2-3,9,11,13,15-17H2,1H3,(H,26,31)(H,27,28,29). The number of carbonyl (C=O) groups is 1. The first kappa shape index (κ1) is 22.0. The van der Waals surface area contributed by atoms with Gasteiger partial charge in [-0.2, -0.15) is 5.10 Å². The van der Waals surface area contributed by atoms with E-state index in [1.165, 1.54) is 0 Å². The number of hydrogen-bond acceptors (Lipinski definition) is 6. The fraction of sp³-hybridized carbons (Fsp3) is 0.417. The first-order valence-electron chi connectivity index (χ1n) is 11.3. The highest BCUT2D eigenvalue weighted by Gasteiger charge is 2.23. The molecule has 3 heterocycles. The van der Waals surface area contributed by atoms with Gasteiger partial charge in [-0.3, -0.25) is 19.8 Å². The monoisotopic (exact) mass is 434 g/mol. The van der Waals surface area contributed by atoms with Crippen LogP contribution in [0.3, 0.4) is 0 Å². The number of H-pyrrole nitrogens is 1. The molecule has 1 amide bonds. The Bertz CT molecular complexity index is 1010. The Kier molecular flexibility index (Phi) is 7.45. The van der Waals surface area contributed by atoms with Crippen LogP contribution in [0.1, 0.15) is 37.6 Å². The van der Waals surface area contributed by atoms with Gasteiger partial charge in [0.05, 0.1) is 6.54 Å². The van der Waals surface area contributed by atoms with Gasteiger partial charge in [0.2, 0.25) is 5.91 Å². The summed E-state index contributed by atoms with van der Waals surface area (Å²) >= 11 is 0. The normalized spacial score (nSPS) is 16.1. The minimum Gasteiger partial charge on any atom is -0.489 e. The van der Waals surface area contributed by atoms with E-state index in [1.807, 2.05) is 30.3 Å². The summed E-state index contributed by atoms with van der Waals surface area (Å²) < 4.78 is 6.25. The van der Waals surface area contributed by atoms with E-state index < -0.39 is 0 Å². The number of rotatable bonds is 9. The van der Waals surface area contributed by atoms with Gasteiger partial charge in [-0.15, -0.1) is 0 Å². The number of unbranched alkanes of at least 4 members (excludes halogenated alkanes) is 1. The van der Waals surface area contributed by atoms with Crippen molar-refractivity contribution in [1.29, 1.82) is 0 Å². The van der Waals surface area contributed by atoms with Crippen LogP contribution in [0.15, 0.2) is 48.8 Å². The Morgan fingerprint density at radius 2 is 2.19 bits per heavy atom. The fourth-order valence-electron chi connectivity index (χ4n) is 3.87. The maximum absolute atomic E-state index is 12.6. The fourth-order valence-corrected chi connectivity index (χ4v) is 3.87. The van der Waals surface area contributed by atoms with Gasteiger partial charge in [0.25, 0.3) is 0 Å².